The van der Waals surface area contributed by atoms with Crippen LogP contribution < -0.4 is 9.64 Å². The van der Waals surface area contributed by atoms with E-state index < -0.39 is 0 Å². The molecule has 0 spiro atoms. The third-order valence-corrected chi connectivity index (χ3v) is 10.8. The Labute approximate surface area is 262 Å². The van der Waals surface area contributed by atoms with Crippen molar-refractivity contribution in [2.45, 2.75) is 52.0 Å². The average molecular weight is 594 g/mol. The van der Waals surface area contributed by atoms with Crippen molar-refractivity contribution in [3.63, 3.8) is 0 Å². The summed E-state index contributed by atoms with van der Waals surface area (Å²) in [6, 6.07) is 22.1. The van der Waals surface area contributed by atoms with Crippen molar-refractivity contribution in [1.29, 1.82) is 0 Å². The number of benzene rings is 3. The Balaban J connectivity index is 0.949. The number of ether oxygens (including phenoxy) is 1. The molecular weight excluding hydrogens is 546 g/mol. The molecule has 3 aromatic carbocycles. The van der Waals surface area contributed by atoms with Crippen molar-refractivity contribution in [3.05, 3.63) is 77.9 Å². The van der Waals surface area contributed by atoms with Crippen LogP contribution >= 0.6 is 0 Å². The van der Waals surface area contributed by atoms with Gasteiger partial charge in [-0.2, -0.15) is 0 Å². The number of carbonyl (C=O) groups excluding carboxylic acids is 1. The molecule has 6 heteroatoms. The second-order valence-corrected chi connectivity index (χ2v) is 14.2. The highest BCUT2D eigenvalue weighted by Gasteiger charge is 2.51. The van der Waals surface area contributed by atoms with E-state index in [9.17, 15) is 9.90 Å². The Morgan fingerprint density at radius 1 is 0.886 bits per heavy atom. The fourth-order valence-electron chi connectivity index (χ4n) is 9.37. The number of carbonyl (C=O) groups is 1. The summed E-state index contributed by atoms with van der Waals surface area (Å²) in [5, 5.41) is 10.00. The largest absolute Gasteiger partial charge is 0.508 e. The molecule has 6 nitrogen and oxygen atoms in total. The summed E-state index contributed by atoms with van der Waals surface area (Å²) >= 11 is 0. The first-order chi connectivity index (χ1) is 21.3. The van der Waals surface area contributed by atoms with Crippen molar-refractivity contribution in [1.82, 2.24) is 9.80 Å². The van der Waals surface area contributed by atoms with Crippen LogP contribution in [0.2, 0.25) is 0 Å². The zero-order valence-electron chi connectivity index (χ0n) is 26.4. The smallest absolute Gasteiger partial charge is 0.253 e. The first-order valence-electron chi connectivity index (χ1n) is 16.7. The third kappa shape index (κ3) is 6.19. The fraction of sp³-hybridized carbons (Fsp3) is 0.500. The predicted octanol–water partition coefficient (Wildman–Crippen LogP) is 7.07. The second-order valence-electron chi connectivity index (χ2n) is 14.2. The standard InChI is InChI=1S/C38H47N3O3/c1-3-44-36-19-30(18-33(21-36)32-5-4-6-35(42)20-32)25-40-11-13-41(14-12-40)34-9-7-31(8-10-34)37(43)39(2)26-38-22-27-15-28(23-38)17-29(16-27)24-38/h4-10,18-21,27-29,42H,3,11-17,22-26H2,1-2H3. The molecule has 4 bridgehead atoms. The Morgan fingerprint density at radius 2 is 1.57 bits per heavy atom. The summed E-state index contributed by atoms with van der Waals surface area (Å²) in [7, 11) is 2.02. The molecule has 232 valence electrons. The van der Waals surface area contributed by atoms with E-state index in [0.29, 0.717) is 12.0 Å². The zero-order valence-corrected chi connectivity index (χ0v) is 26.4. The molecule has 1 aliphatic heterocycles. The van der Waals surface area contributed by atoms with Crippen LogP contribution in [0, 0.1) is 23.2 Å². The van der Waals surface area contributed by atoms with Gasteiger partial charge in [0.25, 0.3) is 5.91 Å². The van der Waals surface area contributed by atoms with Crippen molar-refractivity contribution in [3.8, 4) is 22.6 Å². The lowest BCUT2D eigenvalue weighted by atomic mass is 9.49. The third-order valence-electron chi connectivity index (χ3n) is 10.8. The number of nitrogens with zero attached hydrogens (tertiary/aromatic N) is 3. The molecule has 1 saturated heterocycles. The van der Waals surface area contributed by atoms with E-state index >= 15 is 0 Å². The highest BCUT2D eigenvalue weighted by molar-refractivity contribution is 5.94. The van der Waals surface area contributed by atoms with Crippen LogP contribution in [0.15, 0.2) is 66.7 Å². The number of amides is 1. The number of hydrogen-bond acceptors (Lipinski definition) is 5. The number of phenolic OH excluding ortho intramolecular Hbond substituents is 1. The number of aromatic hydroxyl groups is 1. The molecule has 1 N–H and O–H groups in total. The minimum atomic E-state index is 0.163. The predicted molar refractivity (Wildman–Crippen MR) is 176 cm³/mol. The quantitative estimate of drug-likeness (QED) is 0.288. The van der Waals surface area contributed by atoms with Crippen molar-refractivity contribution in [2.24, 2.45) is 23.2 Å². The number of phenols is 1. The molecule has 1 amide bonds. The van der Waals surface area contributed by atoms with E-state index in [-0.39, 0.29) is 11.7 Å². The van der Waals surface area contributed by atoms with E-state index in [1.54, 1.807) is 12.1 Å². The average Bonchev–Trinajstić information content (AvgIpc) is 3.00. The molecule has 0 atom stereocenters. The Hall–Kier alpha value is -3.51. The molecule has 0 unspecified atom stereocenters. The van der Waals surface area contributed by atoms with Gasteiger partial charge in [0.05, 0.1) is 6.61 Å². The summed E-state index contributed by atoms with van der Waals surface area (Å²) in [6.07, 6.45) is 8.31. The van der Waals surface area contributed by atoms with E-state index in [1.165, 1.54) is 49.8 Å². The summed E-state index contributed by atoms with van der Waals surface area (Å²) in [5.74, 6) is 4.02. The monoisotopic (exact) mass is 593 g/mol. The van der Waals surface area contributed by atoms with Crippen LogP contribution in [0.5, 0.6) is 11.5 Å². The van der Waals surface area contributed by atoms with Crippen molar-refractivity contribution >= 4 is 11.6 Å². The minimum absolute atomic E-state index is 0.163. The number of rotatable bonds is 9. The molecule has 0 aromatic heterocycles. The maximum Gasteiger partial charge on any atom is 0.253 e. The molecule has 5 fully saturated rings. The Kier molecular flexibility index (Phi) is 8.04. The van der Waals surface area contributed by atoms with Gasteiger partial charge in [0, 0.05) is 57.6 Å². The molecular formula is C38H47N3O3. The SMILES string of the molecule is CCOc1cc(CN2CCN(c3ccc(C(=O)N(C)CC45CC6CC(CC(C6)C4)C5)cc3)CC2)cc(-c2cccc(O)c2)c1. The molecule has 3 aromatic rings. The van der Waals surface area contributed by atoms with Crippen LogP contribution in [-0.2, 0) is 6.54 Å². The maximum atomic E-state index is 13.5. The van der Waals surface area contributed by atoms with Crippen LogP contribution in [0.1, 0.15) is 61.4 Å². The molecule has 5 aliphatic rings. The zero-order chi connectivity index (χ0) is 30.3. The van der Waals surface area contributed by atoms with Gasteiger partial charge in [-0.3, -0.25) is 9.69 Å². The Morgan fingerprint density at radius 3 is 2.20 bits per heavy atom. The summed E-state index contributed by atoms with van der Waals surface area (Å²) in [5.41, 5.74) is 5.61. The maximum absolute atomic E-state index is 13.5. The van der Waals surface area contributed by atoms with Gasteiger partial charge in [-0.15, -0.1) is 0 Å². The van der Waals surface area contributed by atoms with E-state index in [4.69, 9.17) is 4.74 Å². The van der Waals surface area contributed by atoms with Gasteiger partial charge < -0.3 is 19.6 Å². The second kappa shape index (κ2) is 12.1. The minimum Gasteiger partial charge on any atom is -0.508 e. The van der Waals surface area contributed by atoms with Crippen LogP contribution in [-0.4, -0.2) is 67.2 Å². The highest BCUT2D eigenvalue weighted by Crippen LogP contribution is 2.60. The molecule has 8 rings (SSSR count). The van der Waals surface area contributed by atoms with Crippen molar-refractivity contribution in [2.75, 3.05) is 51.3 Å². The first-order valence-corrected chi connectivity index (χ1v) is 16.7. The lowest BCUT2D eigenvalue weighted by Gasteiger charge is -2.57. The van der Waals surface area contributed by atoms with Crippen LogP contribution in [0.25, 0.3) is 11.1 Å². The van der Waals surface area contributed by atoms with Gasteiger partial charge in [0.2, 0.25) is 0 Å². The van der Waals surface area contributed by atoms with Gasteiger partial charge in [0.1, 0.15) is 11.5 Å². The lowest BCUT2D eigenvalue weighted by Crippen LogP contribution is -2.51. The van der Waals surface area contributed by atoms with Gasteiger partial charge in [-0.25, -0.2) is 0 Å². The Bertz CT molecular complexity index is 1440. The summed E-state index contributed by atoms with van der Waals surface area (Å²) in [6.45, 7) is 8.22. The van der Waals surface area contributed by atoms with Crippen LogP contribution in [0.4, 0.5) is 5.69 Å². The highest BCUT2D eigenvalue weighted by atomic mass is 16.5. The van der Waals surface area contributed by atoms with E-state index in [1.807, 2.05) is 43.1 Å². The van der Waals surface area contributed by atoms with Gasteiger partial charge in [-0.05, 0) is 140 Å². The first kappa shape index (κ1) is 29.2. The van der Waals surface area contributed by atoms with E-state index in [2.05, 4.69) is 40.1 Å². The number of anilines is 1. The van der Waals surface area contributed by atoms with E-state index in [0.717, 1.165) is 79.5 Å². The summed E-state index contributed by atoms with van der Waals surface area (Å²) < 4.78 is 5.89. The molecule has 44 heavy (non-hydrogen) atoms. The van der Waals surface area contributed by atoms with Crippen molar-refractivity contribution < 1.29 is 14.6 Å². The fourth-order valence-corrected chi connectivity index (χ4v) is 9.37. The summed E-state index contributed by atoms with van der Waals surface area (Å²) in [4.78, 5) is 20.4. The normalized spacial score (nSPS) is 26.1. The topological polar surface area (TPSA) is 56.2 Å². The molecule has 4 saturated carbocycles. The molecule has 4 aliphatic carbocycles. The van der Waals surface area contributed by atoms with Gasteiger partial charge >= 0.3 is 0 Å². The lowest BCUT2D eigenvalue weighted by molar-refractivity contribution is -0.0629. The molecule has 0 radical (unpaired) electrons. The van der Waals surface area contributed by atoms with Gasteiger partial charge in [-0.1, -0.05) is 12.1 Å². The van der Waals surface area contributed by atoms with Gasteiger partial charge in [0.15, 0.2) is 0 Å². The number of piperazine rings is 1. The molecule has 1 heterocycles. The number of hydrogen-bond donors (Lipinski definition) is 1. The van der Waals surface area contributed by atoms with Crippen LogP contribution in [0.3, 0.4) is 0 Å².